The van der Waals surface area contributed by atoms with E-state index in [1.165, 1.54) is 16.6 Å². The highest BCUT2D eigenvalue weighted by molar-refractivity contribution is 5.81. The van der Waals surface area contributed by atoms with Crippen molar-refractivity contribution in [1.29, 1.82) is 0 Å². The summed E-state index contributed by atoms with van der Waals surface area (Å²) in [5.41, 5.74) is 15.4. The van der Waals surface area contributed by atoms with Gasteiger partial charge in [-0.2, -0.15) is 4.98 Å². The molecule has 0 saturated heterocycles. The van der Waals surface area contributed by atoms with Crippen molar-refractivity contribution in [3.05, 3.63) is 47.8 Å². The molecule has 0 bridgehead atoms. The second-order valence-corrected chi connectivity index (χ2v) is 7.36. The maximum absolute atomic E-state index is 5.95. The van der Waals surface area contributed by atoms with Gasteiger partial charge < -0.3 is 20.9 Å². The first-order valence-corrected chi connectivity index (χ1v) is 9.17. The van der Waals surface area contributed by atoms with E-state index in [1.54, 1.807) is 0 Å². The molecule has 2 heterocycles. The zero-order valence-electron chi connectivity index (χ0n) is 15.4. The van der Waals surface area contributed by atoms with Crippen molar-refractivity contribution < 1.29 is 0 Å². The second kappa shape index (κ2) is 6.61. The van der Waals surface area contributed by atoms with Gasteiger partial charge in [0.1, 0.15) is 5.82 Å². The molecule has 2 aromatic heterocycles. The van der Waals surface area contributed by atoms with Gasteiger partial charge in [-0.1, -0.05) is 18.2 Å². The van der Waals surface area contributed by atoms with Gasteiger partial charge in [-0.3, -0.25) is 0 Å². The summed E-state index contributed by atoms with van der Waals surface area (Å²) in [7, 11) is 2.05. The van der Waals surface area contributed by atoms with E-state index in [1.807, 2.05) is 0 Å². The van der Waals surface area contributed by atoms with Gasteiger partial charge in [-0.05, 0) is 37.3 Å². The van der Waals surface area contributed by atoms with Crippen LogP contribution in [-0.2, 0) is 6.54 Å². The smallest absolute Gasteiger partial charge is 0.222 e. The highest BCUT2D eigenvalue weighted by atomic mass is 15.2. The van der Waals surface area contributed by atoms with Crippen molar-refractivity contribution in [2.75, 3.05) is 24.2 Å². The zero-order valence-corrected chi connectivity index (χ0v) is 15.4. The first-order chi connectivity index (χ1) is 12.5. The highest BCUT2D eigenvalue weighted by Crippen LogP contribution is 2.35. The van der Waals surface area contributed by atoms with E-state index >= 15 is 0 Å². The van der Waals surface area contributed by atoms with Crippen LogP contribution < -0.4 is 16.4 Å². The van der Waals surface area contributed by atoms with Crippen LogP contribution in [0, 0.1) is 6.92 Å². The second-order valence-electron chi connectivity index (χ2n) is 7.36. The van der Waals surface area contributed by atoms with Crippen LogP contribution in [0.15, 0.2) is 36.4 Å². The topological polar surface area (TPSA) is 86.0 Å². The minimum Gasteiger partial charge on any atom is -0.368 e. The van der Waals surface area contributed by atoms with Gasteiger partial charge in [-0.25, -0.2) is 4.98 Å². The predicted octanol–water partition coefficient (Wildman–Crippen LogP) is 2.66. The van der Waals surface area contributed by atoms with E-state index in [0.29, 0.717) is 17.9 Å². The molecule has 26 heavy (non-hydrogen) atoms. The molecule has 1 aliphatic carbocycles. The number of nitrogen functional groups attached to an aromatic ring is 1. The Morgan fingerprint density at radius 2 is 1.96 bits per heavy atom. The summed E-state index contributed by atoms with van der Waals surface area (Å²) in [5, 5.41) is 1.28. The largest absolute Gasteiger partial charge is 0.368 e. The molecule has 0 spiro atoms. The Morgan fingerprint density at radius 3 is 2.73 bits per heavy atom. The molecule has 0 atom stereocenters. The summed E-state index contributed by atoms with van der Waals surface area (Å²) < 4.78 is 2.35. The Bertz CT molecular complexity index is 925. The number of hydrogen-bond acceptors (Lipinski definition) is 5. The third-order valence-corrected chi connectivity index (χ3v) is 5.41. The molecule has 6 heteroatoms. The fraction of sp³-hybridized carbons (Fsp3) is 0.400. The Labute approximate surface area is 153 Å². The molecule has 4 rings (SSSR count). The van der Waals surface area contributed by atoms with Gasteiger partial charge in [-0.15, -0.1) is 0 Å². The molecule has 3 aromatic rings. The van der Waals surface area contributed by atoms with E-state index in [0.717, 1.165) is 37.4 Å². The fourth-order valence-corrected chi connectivity index (χ4v) is 3.79. The molecular formula is C20H26N6. The Balaban J connectivity index is 1.51. The standard InChI is InChI=1S/C20H26N6/c1-13-9-14-5-3-4-6-18(14)26(13)8-7-25(2)19-12-17(23-20(22)24-19)15-10-16(21)11-15/h3-6,9,12,15-16H,7-8,10-11,21H2,1-2H3,(H2,22,23,24). The SMILES string of the molecule is Cc1cc2ccccc2n1CCN(C)c1cc(C2CC(N)C2)nc(N)n1. The van der Waals surface area contributed by atoms with Gasteiger partial charge in [0.15, 0.2) is 0 Å². The number of fused-ring (bicyclic) bond motifs is 1. The molecule has 0 aliphatic heterocycles. The van der Waals surface area contributed by atoms with E-state index < -0.39 is 0 Å². The van der Waals surface area contributed by atoms with Crippen molar-refractivity contribution in [2.24, 2.45) is 5.73 Å². The molecule has 0 unspecified atom stereocenters. The Kier molecular flexibility index (Phi) is 4.28. The summed E-state index contributed by atoms with van der Waals surface area (Å²) >= 11 is 0. The maximum Gasteiger partial charge on any atom is 0.222 e. The number of para-hydroxylation sites is 1. The van der Waals surface area contributed by atoms with E-state index in [2.05, 4.69) is 69.8 Å². The summed E-state index contributed by atoms with van der Waals surface area (Å²) in [5.74, 6) is 1.63. The quantitative estimate of drug-likeness (QED) is 0.739. The van der Waals surface area contributed by atoms with E-state index in [-0.39, 0.29) is 0 Å². The average Bonchev–Trinajstić information content (AvgIpc) is 2.91. The van der Waals surface area contributed by atoms with Gasteiger partial charge in [0, 0.05) is 49.4 Å². The third kappa shape index (κ3) is 3.12. The molecule has 1 aromatic carbocycles. The number of aryl methyl sites for hydroxylation is 1. The highest BCUT2D eigenvalue weighted by Gasteiger charge is 2.29. The van der Waals surface area contributed by atoms with E-state index in [4.69, 9.17) is 11.5 Å². The third-order valence-electron chi connectivity index (χ3n) is 5.41. The number of nitrogens with zero attached hydrogens (tertiary/aromatic N) is 4. The number of anilines is 2. The van der Waals surface area contributed by atoms with Crippen LogP contribution in [0.4, 0.5) is 11.8 Å². The lowest BCUT2D eigenvalue weighted by Gasteiger charge is -2.32. The van der Waals surface area contributed by atoms with Crippen molar-refractivity contribution in [3.63, 3.8) is 0 Å². The number of hydrogen-bond donors (Lipinski definition) is 2. The molecular weight excluding hydrogens is 324 g/mol. The van der Waals surface area contributed by atoms with Crippen LogP contribution in [0.3, 0.4) is 0 Å². The number of benzene rings is 1. The molecule has 0 radical (unpaired) electrons. The van der Waals surface area contributed by atoms with Crippen LogP contribution in [0.25, 0.3) is 10.9 Å². The van der Waals surface area contributed by atoms with Crippen molar-refractivity contribution in [3.8, 4) is 0 Å². The van der Waals surface area contributed by atoms with Crippen LogP contribution in [0.1, 0.15) is 30.1 Å². The molecule has 0 amide bonds. The number of rotatable bonds is 5. The molecule has 1 fully saturated rings. The van der Waals surface area contributed by atoms with Crippen LogP contribution in [-0.4, -0.2) is 34.2 Å². The lowest BCUT2D eigenvalue weighted by molar-refractivity contribution is 0.345. The number of aromatic nitrogens is 3. The molecule has 136 valence electrons. The van der Waals surface area contributed by atoms with Gasteiger partial charge in [0.05, 0.1) is 5.69 Å². The first-order valence-electron chi connectivity index (χ1n) is 9.17. The lowest BCUT2D eigenvalue weighted by atomic mass is 9.78. The molecule has 6 nitrogen and oxygen atoms in total. The number of likely N-dealkylation sites (N-methyl/N-ethyl adjacent to an activating group) is 1. The van der Waals surface area contributed by atoms with Gasteiger partial charge >= 0.3 is 0 Å². The summed E-state index contributed by atoms with van der Waals surface area (Å²) in [6, 6.07) is 13.1. The van der Waals surface area contributed by atoms with Gasteiger partial charge in [0.2, 0.25) is 5.95 Å². The number of nitrogens with two attached hydrogens (primary N) is 2. The normalized spacial score (nSPS) is 19.5. The summed E-state index contributed by atoms with van der Waals surface area (Å²) in [6.45, 7) is 3.89. The minimum atomic E-state index is 0.294. The molecule has 1 saturated carbocycles. The summed E-state index contributed by atoms with van der Waals surface area (Å²) in [4.78, 5) is 11.0. The first kappa shape index (κ1) is 16.8. The lowest BCUT2D eigenvalue weighted by Crippen LogP contribution is -2.35. The molecule has 1 aliphatic rings. The van der Waals surface area contributed by atoms with Crippen LogP contribution in [0.5, 0.6) is 0 Å². The van der Waals surface area contributed by atoms with Crippen molar-refractivity contribution in [1.82, 2.24) is 14.5 Å². The average molecular weight is 350 g/mol. The van der Waals surface area contributed by atoms with Gasteiger partial charge in [0.25, 0.3) is 0 Å². The van der Waals surface area contributed by atoms with Crippen LogP contribution >= 0.6 is 0 Å². The van der Waals surface area contributed by atoms with Crippen LogP contribution in [0.2, 0.25) is 0 Å². The zero-order chi connectivity index (χ0) is 18.3. The Hall–Kier alpha value is -2.60. The van der Waals surface area contributed by atoms with Crippen molar-refractivity contribution >= 4 is 22.7 Å². The molecule has 4 N–H and O–H groups in total. The summed E-state index contributed by atoms with van der Waals surface area (Å²) in [6.07, 6.45) is 1.96. The van der Waals surface area contributed by atoms with Crippen molar-refractivity contribution in [2.45, 2.75) is 38.3 Å². The minimum absolute atomic E-state index is 0.294. The maximum atomic E-state index is 5.95. The van der Waals surface area contributed by atoms with E-state index in [9.17, 15) is 0 Å². The monoisotopic (exact) mass is 350 g/mol. The Morgan fingerprint density at radius 1 is 1.19 bits per heavy atom. The fourth-order valence-electron chi connectivity index (χ4n) is 3.79. The predicted molar refractivity (Wildman–Crippen MR) is 106 cm³/mol.